The first kappa shape index (κ1) is 32.2. The molecule has 0 aromatic carbocycles. The van der Waals surface area contributed by atoms with Gasteiger partial charge in [0.2, 0.25) is 0 Å². The zero-order chi connectivity index (χ0) is 26.8. The predicted octanol–water partition coefficient (Wildman–Crippen LogP) is 0.252. The molecule has 0 amide bonds. The third kappa shape index (κ3) is 10.7. The van der Waals surface area contributed by atoms with Crippen LogP contribution >= 0.6 is 0 Å². The molecule has 36 heavy (non-hydrogen) atoms. The van der Waals surface area contributed by atoms with Crippen molar-refractivity contribution >= 4 is 17.9 Å². The molecule has 0 saturated carbocycles. The van der Waals surface area contributed by atoms with Gasteiger partial charge >= 0.3 is 23.4 Å². The van der Waals surface area contributed by atoms with Crippen molar-refractivity contribution in [3.8, 4) is 0 Å². The fraction of sp³-hybridized carbons (Fsp3) is 0.875. The molecule has 0 radical (unpaired) electrons. The Balaban J connectivity index is 2.68. The van der Waals surface area contributed by atoms with Gasteiger partial charge in [-0.15, -0.1) is 0 Å². The molecule has 0 bridgehead atoms. The van der Waals surface area contributed by atoms with Crippen molar-refractivity contribution in [1.29, 1.82) is 0 Å². The maximum atomic E-state index is 11.9. The summed E-state index contributed by atoms with van der Waals surface area (Å²) in [5.41, 5.74) is -3.09. The molecule has 6 N–H and O–H groups in total. The van der Waals surface area contributed by atoms with Gasteiger partial charge in [-0.05, 0) is 19.3 Å². The topological polar surface area (TPSA) is 172 Å². The van der Waals surface area contributed by atoms with E-state index >= 15 is 0 Å². The number of unbranched alkanes of at least 4 members (excludes halogenated alkanes) is 7. The van der Waals surface area contributed by atoms with E-state index in [4.69, 9.17) is 4.74 Å². The van der Waals surface area contributed by atoms with Gasteiger partial charge < -0.3 is 35.8 Å². The monoisotopic (exact) mass is 518 g/mol. The Labute approximate surface area is 214 Å². The van der Waals surface area contributed by atoms with Crippen molar-refractivity contribution in [2.24, 2.45) is 0 Å². The van der Waals surface area contributed by atoms with Gasteiger partial charge in [0.15, 0.2) is 0 Å². The quantitative estimate of drug-likeness (QED) is 0.122. The van der Waals surface area contributed by atoms with Crippen LogP contribution in [-0.4, -0.2) is 126 Å². The summed E-state index contributed by atoms with van der Waals surface area (Å²) in [5, 5.41) is 46.1. The number of hydrogen-bond donors (Lipinski definition) is 6. The molecule has 210 valence electrons. The molecule has 1 aliphatic rings. The Morgan fingerprint density at radius 3 is 1.78 bits per heavy atom. The summed E-state index contributed by atoms with van der Waals surface area (Å²) in [6, 6.07) is 0. The molecule has 0 aliphatic carbocycles. The van der Waals surface area contributed by atoms with Crippen LogP contribution in [0.25, 0.3) is 0 Å². The average molecular weight is 519 g/mol. The fourth-order valence-electron chi connectivity index (χ4n) is 4.47. The zero-order valence-electron chi connectivity index (χ0n) is 21.6. The minimum Gasteiger partial charge on any atom is -0.479 e. The van der Waals surface area contributed by atoms with E-state index in [1.54, 1.807) is 12.0 Å². The molecule has 1 fully saturated rings. The highest BCUT2D eigenvalue weighted by atomic mass is 16.5. The van der Waals surface area contributed by atoms with Gasteiger partial charge in [-0.3, -0.25) is 9.80 Å². The van der Waals surface area contributed by atoms with Crippen molar-refractivity contribution in [2.75, 3.05) is 66.1 Å². The van der Waals surface area contributed by atoms with E-state index in [1.165, 1.54) is 19.3 Å². The second kappa shape index (κ2) is 18.4. The maximum absolute atomic E-state index is 11.9. The van der Waals surface area contributed by atoms with Gasteiger partial charge in [-0.1, -0.05) is 38.5 Å². The summed E-state index contributed by atoms with van der Waals surface area (Å²) in [6.45, 7) is 3.21. The number of rotatable bonds is 16. The lowest BCUT2D eigenvalue weighted by atomic mass is 9.97. The molecule has 1 unspecified atom stereocenters. The number of aliphatic carboxylic acids is 3. The number of hydrogen-bond acceptors (Lipinski definition) is 9. The highest BCUT2D eigenvalue weighted by molar-refractivity contribution is 6.21. The number of carbonyl (C=O) groups is 3. The van der Waals surface area contributed by atoms with Crippen LogP contribution in [0.5, 0.6) is 0 Å². The SMILES string of the molecule is COCCCCCCCCCCC(O)N1CCNCCNCCN(C(C(=O)O)(C(=O)O)C(=O)O)CC1. The number of carboxylic acids is 3. The lowest BCUT2D eigenvalue weighted by Crippen LogP contribution is -2.67. The number of nitrogens with zero attached hydrogens (tertiary/aromatic N) is 2. The van der Waals surface area contributed by atoms with E-state index in [-0.39, 0.29) is 26.2 Å². The Bertz CT molecular complexity index is 616. The van der Waals surface area contributed by atoms with Gasteiger partial charge in [0.05, 0.1) is 0 Å². The smallest absolute Gasteiger partial charge is 0.347 e. The average Bonchev–Trinajstić information content (AvgIpc) is 2.81. The standard InChI is InChI=1S/C24H46N4O8/c1-36-19-9-7-5-3-2-4-6-8-10-20(29)27-15-13-25-11-12-26-14-16-28(18-17-27)24(21(30)31,22(32)33)23(34)35/h20,25-26,29H,2-19H2,1H3,(H,30,31)(H,32,33)(H,34,35). The van der Waals surface area contributed by atoms with E-state index in [1.807, 2.05) is 0 Å². The van der Waals surface area contributed by atoms with E-state index in [0.717, 1.165) is 43.6 Å². The molecule has 0 aromatic rings. The molecule has 12 nitrogen and oxygen atoms in total. The van der Waals surface area contributed by atoms with Crippen LogP contribution in [0.2, 0.25) is 0 Å². The van der Waals surface area contributed by atoms with E-state index in [0.29, 0.717) is 32.6 Å². The second-order valence-corrected chi connectivity index (χ2v) is 9.24. The predicted molar refractivity (Wildman–Crippen MR) is 134 cm³/mol. The minimum atomic E-state index is -3.09. The van der Waals surface area contributed by atoms with Crippen LogP contribution in [0.15, 0.2) is 0 Å². The Kier molecular flexibility index (Phi) is 16.5. The van der Waals surface area contributed by atoms with Gasteiger partial charge in [0.1, 0.15) is 6.23 Å². The summed E-state index contributed by atoms with van der Waals surface area (Å²) in [6.07, 6.45) is 8.50. The first-order chi connectivity index (χ1) is 17.3. The summed E-state index contributed by atoms with van der Waals surface area (Å²) in [4.78, 5) is 38.5. The number of aliphatic hydroxyl groups is 1. The van der Waals surface area contributed by atoms with E-state index < -0.39 is 29.7 Å². The molecular formula is C24H46N4O8. The molecule has 0 aromatic heterocycles. The molecule has 1 aliphatic heterocycles. The van der Waals surface area contributed by atoms with E-state index in [9.17, 15) is 34.8 Å². The number of aliphatic hydroxyl groups excluding tert-OH is 1. The molecule has 12 heteroatoms. The van der Waals surface area contributed by atoms with Crippen LogP contribution in [0.4, 0.5) is 0 Å². The summed E-state index contributed by atoms with van der Waals surface area (Å²) >= 11 is 0. The van der Waals surface area contributed by atoms with Gasteiger partial charge in [0, 0.05) is 66.1 Å². The second-order valence-electron chi connectivity index (χ2n) is 9.24. The third-order valence-corrected chi connectivity index (χ3v) is 6.66. The number of carboxylic acid groups (broad SMARTS) is 3. The van der Waals surface area contributed by atoms with E-state index in [2.05, 4.69) is 10.6 Å². The fourth-order valence-corrected chi connectivity index (χ4v) is 4.47. The van der Waals surface area contributed by atoms with Crippen molar-refractivity contribution < 1.29 is 39.5 Å². The summed E-state index contributed by atoms with van der Waals surface area (Å²) < 4.78 is 5.05. The van der Waals surface area contributed by atoms with Crippen molar-refractivity contribution in [3.63, 3.8) is 0 Å². The number of methoxy groups -OCH3 is 1. The molecule has 1 saturated heterocycles. The van der Waals surface area contributed by atoms with Gasteiger partial charge in [-0.25, -0.2) is 14.4 Å². The highest BCUT2D eigenvalue weighted by Crippen LogP contribution is 2.19. The molecule has 1 rings (SSSR count). The van der Waals surface area contributed by atoms with Crippen LogP contribution in [0.1, 0.15) is 57.8 Å². The normalized spacial score (nSPS) is 18.2. The highest BCUT2D eigenvalue weighted by Gasteiger charge is 2.59. The van der Waals surface area contributed by atoms with Crippen molar-refractivity contribution in [3.05, 3.63) is 0 Å². The number of nitrogens with one attached hydrogen (secondary N) is 2. The largest absolute Gasteiger partial charge is 0.479 e. The third-order valence-electron chi connectivity index (χ3n) is 6.66. The van der Waals surface area contributed by atoms with Crippen LogP contribution in [0, 0.1) is 0 Å². The molecular weight excluding hydrogens is 472 g/mol. The van der Waals surface area contributed by atoms with Gasteiger partial charge in [0.25, 0.3) is 0 Å². The first-order valence-corrected chi connectivity index (χ1v) is 13.1. The van der Waals surface area contributed by atoms with Crippen LogP contribution in [0.3, 0.4) is 0 Å². The summed E-state index contributed by atoms with van der Waals surface area (Å²) in [5.74, 6) is -5.83. The Morgan fingerprint density at radius 1 is 0.750 bits per heavy atom. The summed E-state index contributed by atoms with van der Waals surface area (Å²) in [7, 11) is 1.71. The van der Waals surface area contributed by atoms with Gasteiger partial charge in [-0.2, -0.15) is 0 Å². The Morgan fingerprint density at radius 2 is 1.25 bits per heavy atom. The minimum absolute atomic E-state index is 0.0830. The molecule has 1 atom stereocenters. The van der Waals surface area contributed by atoms with Crippen LogP contribution < -0.4 is 10.6 Å². The molecule has 1 heterocycles. The molecule has 0 spiro atoms. The zero-order valence-corrected chi connectivity index (χ0v) is 21.6. The van der Waals surface area contributed by atoms with Crippen molar-refractivity contribution in [1.82, 2.24) is 20.4 Å². The maximum Gasteiger partial charge on any atom is 0.347 e. The van der Waals surface area contributed by atoms with Crippen LogP contribution in [-0.2, 0) is 19.1 Å². The lowest BCUT2D eigenvalue weighted by Gasteiger charge is -2.37. The lowest BCUT2D eigenvalue weighted by molar-refractivity contribution is -0.179. The van der Waals surface area contributed by atoms with Crippen molar-refractivity contribution in [2.45, 2.75) is 69.6 Å². The number of ether oxygens (including phenoxy) is 1. The first-order valence-electron chi connectivity index (χ1n) is 13.1. The Hall–Kier alpha value is -1.83.